The second-order valence-corrected chi connectivity index (χ2v) is 6.89. The molecule has 2 atom stereocenters. The Morgan fingerprint density at radius 1 is 1.35 bits per heavy atom. The summed E-state index contributed by atoms with van der Waals surface area (Å²) >= 11 is 8.58. The zero-order chi connectivity index (χ0) is 14.5. The molecule has 1 aliphatic rings. The minimum atomic E-state index is 0.626. The van der Waals surface area contributed by atoms with Crippen LogP contribution in [0.3, 0.4) is 0 Å². The monoisotopic (exact) mass is 315 g/mol. The first-order valence-corrected chi connectivity index (χ1v) is 9.29. The Balaban J connectivity index is 2.10. The smallest absolute Gasteiger partial charge is 0.0849 e. The average Bonchev–Trinajstić information content (AvgIpc) is 3.02. The van der Waals surface area contributed by atoms with Crippen molar-refractivity contribution >= 4 is 23.4 Å². The highest BCUT2D eigenvalue weighted by Crippen LogP contribution is 2.31. The van der Waals surface area contributed by atoms with Crippen LogP contribution in [-0.2, 0) is 19.4 Å². The van der Waals surface area contributed by atoms with Gasteiger partial charge in [-0.25, -0.2) is 0 Å². The van der Waals surface area contributed by atoms with Crippen molar-refractivity contribution in [2.75, 3.05) is 18.1 Å². The number of nitrogens with one attached hydrogen (secondary N) is 1. The molecule has 0 spiro atoms. The van der Waals surface area contributed by atoms with Crippen LogP contribution in [0.4, 0.5) is 0 Å². The Bertz CT molecular complexity index is 433. The molecule has 1 saturated heterocycles. The van der Waals surface area contributed by atoms with Crippen molar-refractivity contribution in [3.05, 3.63) is 16.4 Å². The highest BCUT2D eigenvalue weighted by molar-refractivity contribution is 7.99. The first-order chi connectivity index (χ1) is 9.71. The van der Waals surface area contributed by atoms with E-state index in [0.29, 0.717) is 12.0 Å². The molecule has 1 N–H and O–H groups in total. The maximum absolute atomic E-state index is 6.53. The summed E-state index contributed by atoms with van der Waals surface area (Å²) in [5.74, 6) is 3.13. The lowest BCUT2D eigenvalue weighted by atomic mass is 9.97. The van der Waals surface area contributed by atoms with E-state index in [2.05, 4.69) is 47.6 Å². The molecule has 0 aromatic carbocycles. The van der Waals surface area contributed by atoms with Gasteiger partial charge < -0.3 is 5.32 Å². The van der Waals surface area contributed by atoms with E-state index in [4.69, 9.17) is 11.6 Å². The lowest BCUT2D eigenvalue weighted by molar-refractivity contribution is 0.414. The Hall–Kier alpha value is -0.190. The normalized spacial score (nSPS) is 22.6. The predicted octanol–water partition coefficient (Wildman–Crippen LogP) is 3.39. The molecular formula is C15H26ClN3S. The third-order valence-electron chi connectivity index (χ3n) is 4.00. The van der Waals surface area contributed by atoms with Crippen LogP contribution in [0.2, 0.25) is 5.02 Å². The Morgan fingerprint density at radius 3 is 2.80 bits per heavy atom. The number of halogens is 1. The summed E-state index contributed by atoms with van der Waals surface area (Å²) in [7, 11) is 0. The van der Waals surface area contributed by atoms with Gasteiger partial charge in [-0.05, 0) is 44.4 Å². The van der Waals surface area contributed by atoms with Crippen LogP contribution in [0, 0.1) is 5.92 Å². The van der Waals surface area contributed by atoms with Crippen LogP contribution in [-0.4, -0.2) is 33.9 Å². The number of hydrogen-bond acceptors (Lipinski definition) is 3. The summed E-state index contributed by atoms with van der Waals surface area (Å²) in [4.78, 5) is 0. The van der Waals surface area contributed by atoms with Crippen LogP contribution >= 0.6 is 23.4 Å². The number of aryl methyl sites for hydroxylation is 2. The molecule has 0 bridgehead atoms. The van der Waals surface area contributed by atoms with Crippen LogP contribution in [0.5, 0.6) is 0 Å². The van der Waals surface area contributed by atoms with Crippen LogP contribution in [0.15, 0.2) is 0 Å². The van der Waals surface area contributed by atoms with Gasteiger partial charge in [-0.3, -0.25) is 4.68 Å². The van der Waals surface area contributed by atoms with E-state index in [1.165, 1.54) is 23.6 Å². The second kappa shape index (κ2) is 7.71. The minimum Gasteiger partial charge on any atom is -0.313 e. The zero-order valence-electron chi connectivity index (χ0n) is 12.8. The summed E-state index contributed by atoms with van der Waals surface area (Å²) in [6.07, 6.45) is 3.16. The van der Waals surface area contributed by atoms with Gasteiger partial charge >= 0.3 is 0 Å². The van der Waals surface area contributed by atoms with E-state index in [1.807, 2.05) is 0 Å². The molecule has 0 radical (unpaired) electrons. The van der Waals surface area contributed by atoms with E-state index in [9.17, 15) is 0 Å². The number of hydrogen-bond donors (Lipinski definition) is 1. The van der Waals surface area contributed by atoms with Gasteiger partial charge in [0.05, 0.1) is 16.4 Å². The molecule has 0 saturated carbocycles. The molecule has 2 rings (SSSR count). The van der Waals surface area contributed by atoms with E-state index in [0.717, 1.165) is 36.6 Å². The third-order valence-corrected chi connectivity index (χ3v) is 5.70. The third kappa shape index (κ3) is 3.52. The van der Waals surface area contributed by atoms with Gasteiger partial charge in [-0.15, -0.1) is 0 Å². The number of aromatic nitrogens is 2. The predicted molar refractivity (Wildman–Crippen MR) is 88.9 cm³/mol. The highest BCUT2D eigenvalue weighted by atomic mass is 35.5. The van der Waals surface area contributed by atoms with Gasteiger partial charge in [-0.1, -0.05) is 25.4 Å². The molecule has 1 fully saturated rings. The molecule has 5 heteroatoms. The van der Waals surface area contributed by atoms with Gasteiger partial charge in [-0.2, -0.15) is 16.9 Å². The standard InChI is InChI=1S/C15H26ClN3S/c1-4-7-17-13-10-20-9-11(13)8-14-15(16)12(5-2)18-19(14)6-3/h11,13,17H,4-10H2,1-3H3. The van der Waals surface area contributed by atoms with Gasteiger partial charge in [0.15, 0.2) is 0 Å². The summed E-state index contributed by atoms with van der Waals surface area (Å²) in [5.41, 5.74) is 2.29. The SMILES string of the molecule is CCCNC1CSCC1Cc1c(Cl)c(CC)nn1CC. The molecule has 3 nitrogen and oxygen atoms in total. The minimum absolute atomic E-state index is 0.626. The zero-order valence-corrected chi connectivity index (χ0v) is 14.4. The maximum Gasteiger partial charge on any atom is 0.0849 e. The molecule has 0 amide bonds. The molecule has 1 aromatic rings. The molecule has 2 unspecified atom stereocenters. The Morgan fingerprint density at radius 2 is 2.15 bits per heavy atom. The fraction of sp³-hybridized carbons (Fsp3) is 0.800. The molecule has 114 valence electrons. The first kappa shape index (κ1) is 16.2. The number of thioether (sulfide) groups is 1. The van der Waals surface area contributed by atoms with Crippen LogP contribution in [0.25, 0.3) is 0 Å². The number of rotatable bonds is 7. The van der Waals surface area contributed by atoms with E-state index >= 15 is 0 Å². The molecule has 1 aromatic heterocycles. The average molecular weight is 316 g/mol. The van der Waals surface area contributed by atoms with Crippen molar-refractivity contribution in [2.24, 2.45) is 5.92 Å². The molecule has 20 heavy (non-hydrogen) atoms. The van der Waals surface area contributed by atoms with E-state index in [1.54, 1.807) is 0 Å². The summed E-state index contributed by atoms with van der Waals surface area (Å²) in [6.45, 7) is 8.50. The molecule has 1 aliphatic heterocycles. The van der Waals surface area contributed by atoms with Crippen molar-refractivity contribution < 1.29 is 0 Å². The van der Waals surface area contributed by atoms with Crippen molar-refractivity contribution in [2.45, 2.75) is 52.6 Å². The highest BCUT2D eigenvalue weighted by Gasteiger charge is 2.29. The van der Waals surface area contributed by atoms with Gasteiger partial charge in [0.1, 0.15) is 0 Å². The van der Waals surface area contributed by atoms with E-state index < -0.39 is 0 Å². The van der Waals surface area contributed by atoms with E-state index in [-0.39, 0.29) is 0 Å². The van der Waals surface area contributed by atoms with Crippen molar-refractivity contribution in [3.8, 4) is 0 Å². The first-order valence-electron chi connectivity index (χ1n) is 7.76. The summed E-state index contributed by atoms with van der Waals surface area (Å²) in [6, 6.07) is 0.626. The summed E-state index contributed by atoms with van der Waals surface area (Å²) < 4.78 is 2.10. The van der Waals surface area contributed by atoms with Gasteiger partial charge in [0.25, 0.3) is 0 Å². The lowest BCUT2D eigenvalue weighted by Crippen LogP contribution is -2.37. The Labute approximate surface area is 131 Å². The fourth-order valence-electron chi connectivity index (χ4n) is 2.82. The molecule has 0 aliphatic carbocycles. The number of nitrogens with zero attached hydrogens (tertiary/aromatic N) is 2. The van der Waals surface area contributed by atoms with Crippen LogP contribution in [0.1, 0.15) is 38.6 Å². The lowest BCUT2D eigenvalue weighted by Gasteiger charge is -2.20. The quantitative estimate of drug-likeness (QED) is 0.836. The second-order valence-electron chi connectivity index (χ2n) is 5.44. The van der Waals surface area contributed by atoms with Crippen LogP contribution < -0.4 is 5.32 Å². The van der Waals surface area contributed by atoms with Crippen molar-refractivity contribution in [1.82, 2.24) is 15.1 Å². The topological polar surface area (TPSA) is 29.9 Å². The molecule has 2 heterocycles. The fourth-order valence-corrected chi connectivity index (χ4v) is 4.59. The molecular weight excluding hydrogens is 290 g/mol. The summed E-state index contributed by atoms with van der Waals surface area (Å²) in [5, 5.41) is 9.22. The van der Waals surface area contributed by atoms with Gasteiger partial charge in [0.2, 0.25) is 0 Å². The van der Waals surface area contributed by atoms with Crippen molar-refractivity contribution in [3.63, 3.8) is 0 Å². The Kier molecular flexibility index (Phi) is 6.24. The van der Waals surface area contributed by atoms with Crippen molar-refractivity contribution in [1.29, 1.82) is 0 Å². The van der Waals surface area contributed by atoms with Gasteiger partial charge in [0, 0.05) is 18.3 Å². The largest absolute Gasteiger partial charge is 0.313 e. The maximum atomic E-state index is 6.53.